The van der Waals surface area contributed by atoms with Gasteiger partial charge in [-0.1, -0.05) is 11.6 Å². The number of ether oxygens (including phenoxy) is 2. The van der Waals surface area contributed by atoms with E-state index in [0.717, 1.165) is 0 Å². The standard InChI is InChI=1S/C26H19ClN2O6/c1-33-18-5-3-17(4-6-18)29-22(14-7-9-28-10-8-14)21(24(31)26(29)32)23(30)19-12-15-11-16(27)13-20(34-2)25(15)35-19/h3-13,22,31H,1-2H3. The summed E-state index contributed by atoms with van der Waals surface area (Å²) >= 11 is 6.15. The Morgan fingerprint density at radius 1 is 1.06 bits per heavy atom. The summed E-state index contributed by atoms with van der Waals surface area (Å²) in [4.78, 5) is 32.4. The summed E-state index contributed by atoms with van der Waals surface area (Å²) in [6.07, 6.45) is 3.11. The molecule has 0 fully saturated rings. The molecule has 0 spiro atoms. The average molecular weight is 491 g/mol. The third kappa shape index (κ3) is 3.77. The fourth-order valence-corrected chi connectivity index (χ4v) is 4.41. The minimum atomic E-state index is -0.912. The van der Waals surface area contributed by atoms with Crippen molar-refractivity contribution in [3.05, 3.63) is 94.7 Å². The van der Waals surface area contributed by atoms with E-state index in [-0.39, 0.29) is 11.3 Å². The van der Waals surface area contributed by atoms with E-state index < -0.39 is 23.5 Å². The molecule has 2 aromatic heterocycles. The highest BCUT2D eigenvalue weighted by Crippen LogP contribution is 2.43. The first-order chi connectivity index (χ1) is 16.9. The van der Waals surface area contributed by atoms with Gasteiger partial charge in [0.2, 0.25) is 5.78 Å². The fraction of sp³-hybridized carbons (Fsp3) is 0.115. The van der Waals surface area contributed by atoms with Gasteiger partial charge in [0.25, 0.3) is 5.91 Å². The average Bonchev–Trinajstić information content (AvgIpc) is 3.42. The van der Waals surface area contributed by atoms with Gasteiger partial charge < -0.3 is 19.0 Å². The molecular formula is C26H19ClN2O6. The lowest BCUT2D eigenvalue weighted by atomic mass is 9.95. The highest BCUT2D eigenvalue weighted by Gasteiger charge is 2.45. The zero-order chi connectivity index (χ0) is 24.7. The lowest BCUT2D eigenvalue weighted by Crippen LogP contribution is -2.31. The van der Waals surface area contributed by atoms with Crippen LogP contribution in [0.3, 0.4) is 0 Å². The van der Waals surface area contributed by atoms with Crippen molar-refractivity contribution in [3.63, 3.8) is 0 Å². The Morgan fingerprint density at radius 3 is 2.43 bits per heavy atom. The number of aliphatic hydroxyl groups excluding tert-OH is 1. The number of methoxy groups -OCH3 is 2. The zero-order valence-corrected chi connectivity index (χ0v) is 19.4. The SMILES string of the molecule is COc1ccc(N2C(=O)C(O)=C(C(=O)c3cc4cc(Cl)cc(OC)c4o3)C2c2ccncc2)cc1. The van der Waals surface area contributed by atoms with E-state index in [1.54, 1.807) is 60.9 Å². The Balaban J connectivity index is 1.64. The third-order valence-electron chi connectivity index (χ3n) is 5.82. The van der Waals surface area contributed by atoms with E-state index in [0.29, 0.717) is 38.7 Å². The number of anilines is 1. The smallest absolute Gasteiger partial charge is 0.294 e. The predicted octanol–water partition coefficient (Wildman–Crippen LogP) is 5.28. The number of fused-ring (bicyclic) bond motifs is 1. The van der Waals surface area contributed by atoms with Crippen LogP contribution in [0.5, 0.6) is 11.5 Å². The Labute approximate surface area is 205 Å². The maximum absolute atomic E-state index is 13.7. The number of furan rings is 1. The van der Waals surface area contributed by atoms with Crippen molar-refractivity contribution in [1.82, 2.24) is 4.98 Å². The molecule has 9 heteroatoms. The normalized spacial score (nSPS) is 15.7. The lowest BCUT2D eigenvalue weighted by Gasteiger charge is -2.26. The van der Waals surface area contributed by atoms with E-state index in [4.69, 9.17) is 25.5 Å². The molecule has 1 amide bonds. The Morgan fingerprint density at radius 2 is 1.77 bits per heavy atom. The van der Waals surface area contributed by atoms with Crippen molar-refractivity contribution in [2.75, 3.05) is 19.1 Å². The molecule has 3 heterocycles. The number of carbonyl (C=O) groups is 2. The molecule has 1 aliphatic rings. The predicted molar refractivity (Wildman–Crippen MR) is 129 cm³/mol. The van der Waals surface area contributed by atoms with Gasteiger partial charge in [0.15, 0.2) is 22.9 Å². The Kier molecular flexibility index (Phi) is 5.66. The summed E-state index contributed by atoms with van der Waals surface area (Å²) in [7, 11) is 3.00. The van der Waals surface area contributed by atoms with Gasteiger partial charge in [-0.2, -0.15) is 0 Å². The summed E-state index contributed by atoms with van der Waals surface area (Å²) in [6.45, 7) is 0. The van der Waals surface area contributed by atoms with Gasteiger partial charge in [0, 0.05) is 34.6 Å². The minimum absolute atomic E-state index is 0.0643. The summed E-state index contributed by atoms with van der Waals surface area (Å²) in [6, 6.07) is 13.9. The molecule has 0 saturated heterocycles. The second-order valence-corrected chi connectivity index (χ2v) is 8.22. The van der Waals surface area contributed by atoms with Crippen LogP contribution in [-0.2, 0) is 4.79 Å². The summed E-state index contributed by atoms with van der Waals surface area (Å²) in [5.74, 6) is -1.11. The summed E-state index contributed by atoms with van der Waals surface area (Å²) in [5, 5.41) is 11.9. The van der Waals surface area contributed by atoms with Crippen molar-refractivity contribution in [2.45, 2.75) is 6.04 Å². The van der Waals surface area contributed by atoms with E-state index >= 15 is 0 Å². The Hall–Kier alpha value is -4.30. The first-order valence-corrected chi connectivity index (χ1v) is 10.9. The first-order valence-electron chi connectivity index (χ1n) is 10.6. The van der Waals surface area contributed by atoms with Gasteiger partial charge in [-0.25, -0.2) is 0 Å². The number of amides is 1. The van der Waals surface area contributed by atoms with Gasteiger partial charge in [0.1, 0.15) is 5.75 Å². The van der Waals surface area contributed by atoms with E-state index in [2.05, 4.69) is 4.98 Å². The second kappa shape index (κ2) is 8.81. The first kappa shape index (κ1) is 22.5. The van der Waals surface area contributed by atoms with Gasteiger partial charge in [-0.15, -0.1) is 0 Å². The topological polar surface area (TPSA) is 102 Å². The number of aliphatic hydroxyl groups is 1. The molecule has 1 atom stereocenters. The van der Waals surface area contributed by atoms with Crippen LogP contribution in [0.2, 0.25) is 5.02 Å². The van der Waals surface area contributed by atoms with E-state index in [1.807, 2.05) is 0 Å². The number of pyridine rings is 1. The number of hydrogen-bond acceptors (Lipinski definition) is 7. The molecule has 1 aliphatic heterocycles. The number of ketones is 1. The third-order valence-corrected chi connectivity index (χ3v) is 6.03. The molecule has 35 heavy (non-hydrogen) atoms. The van der Waals surface area contributed by atoms with E-state index in [9.17, 15) is 14.7 Å². The maximum atomic E-state index is 13.7. The van der Waals surface area contributed by atoms with E-state index in [1.165, 1.54) is 25.2 Å². The molecule has 0 radical (unpaired) electrons. The Bertz CT molecular complexity index is 1480. The van der Waals surface area contributed by atoms with Crippen LogP contribution in [0.25, 0.3) is 11.0 Å². The monoisotopic (exact) mass is 490 g/mol. The van der Waals surface area contributed by atoms with Crippen molar-refractivity contribution in [2.24, 2.45) is 0 Å². The summed E-state index contributed by atoms with van der Waals surface area (Å²) in [5.41, 5.74) is 1.29. The number of halogens is 1. The van der Waals surface area contributed by atoms with Crippen LogP contribution in [-0.4, -0.2) is 36.0 Å². The molecule has 5 rings (SSSR count). The molecule has 4 aromatic rings. The quantitative estimate of drug-likeness (QED) is 0.367. The molecular weight excluding hydrogens is 472 g/mol. The van der Waals surface area contributed by atoms with Crippen molar-refractivity contribution in [3.8, 4) is 11.5 Å². The summed E-state index contributed by atoms with van der Waals surface area (Å²) < 4.78 is 16.3. The number of Topliss-reactive ketones (excluding diaryl/α,β-unsaturated/α-hetero) is 1. The highest BCUT2D eigenvalue weighted by molar-refractivity contribution is 6.31. The molecule has 8 nitrogen and oxygen atoms in total. The van der Waals surface area contributed by atoms with Crippen molar-refractivity contribution in [1.29, 1.82) is 0 Å². The molecule has 176 valence electrons. The number of benzene rings is 2. The number of nitrogens with zero attached hydrogens (tertiary/aromatic N) is 2. The number of hydrogen-bond donors (Lipinski definition) is 1. The van der Waals surface area contributed by atoms with Crippen LogP contribution in [0.4, 0.5) is 5.69 Å². The lowest BCUT2D eigenvalue weighted by molar-refractivity contribution is -0.117. The maximum Gasteiger partial charge on any atom is 0.294 e. The number of aromatic nitrogens is 1. The van der Waals surface area contributed by atoms with Crippen molar-refractivity contribution < 1.29 is 28.6 Å². The highest BCUT2D eigenvalue weighted by atomic mass is 35.5. The molecule has 0 bridgehead atoms. The molecule has 1 N–H and O–H groups in total. The van der Waals surface area contributed by atoms with Gasteiger partial charge in [0.05, 0.1) is 25.8 Å². The minimum Gasteiger partial charge on any atom is -0.503 e. The van der Waals surface area contributed by atoms with Crippen LogP contribution in [0.1, 0.15) is 22.2 Å². The van der Waals surface area contributed by atoms with Gasteiger partial charge in [-0.05, 0) is 54.1 Å². The van der Waals surface area contributed by atoms with Gasteiger partial charge in [-0.3, -0.25) is 19.5 Å². The molecule has 0 aliphatic carbocycles. The molecule has 0 saturated carbocycles. The van der Waals surface area contributed by atoms with Gasteiger partial charge >= 0.3 is 0 Å². The fourth-order valence-electron chi connectivity index (χ4n) is 4.19. The molecule has 2 aromatic carbocycles. The van der Waals surface area contributed by atoms with Crippen LogP contribution in [0, 0.1) is 0 Å². The largest absolute Gasteiger partial charge is 0.503 e. The van der Waals surface area contributed by atoms with Crippen molar-refractivity contribution >= 4 is 39.9 Å². The number of carbonyl (C=O) groups excluding carboxylic acids is 2. The van der Waals surface area contributed by atoms with Crippen LogP contribution < -0.4 is 14.4 Å². The van der Waals surface area contributed by atoms with Crippen LogP contribution in [0.15, 0.2) is 82.7 Å². The molecule has 1 unspecified atom stereocenters. The number of rotatable bonds is 6. The van der Waals surface area contributed by atoms with Crippen LogP contribution >= 0.6 is 11.6 Å². The zero-order valence-electron chi connectivity index (χ0n) is 18.7. The second-order valence-electron chi connectivity index (χ2n) is 7.78.